The number of benzene rings is 1. The summed E-state index contributed by atoms with van der Waals surface area (Å²) in [4.78, 5) is 35.5. The molecule has 2 heterocycles. The number of hydrogen-bond acceptors (Lipinski definition) is 5. The fourth-order valence-corrected chi connectivity index (χ4v) is 3.91. The second-order valence-electron chi connectivity index (χ2n) is 7.95. The summed E-state index contributed by atoms with van der Waals surface area (Å²) in [6.07, 6.45) is 7.08. The lowest BCUT2D eigenvalue weighted by Gasteiger charge is -2.26. The van der Waals surface area contributed by atoms with Crippen molar-refractivity contribution in [2.24, 2.45) is 0 Å². The van der Waals surface area contributed by atoms with Crippen molar-refractivity contribution in [2.75, 3.05) is 13.7 Å². The summed E-state index contributed by atoms with van der Waals surface area (Å²) >= 11 is 0. The molecule has 0 aliphatic heterocycles. The quantitative estimate of drug-likeness (QED) is 0.336. The molecule has 0 fully saturated rings. The minimum absolute atomic E-state index is 0.0330. The highest BCUT2D eigenvalue weighted by Gasteiger charge is 2.28. The third-order valence-electron chi connectivity index (χ3n) is 5.71. The Bertz CT molecular complexity index is 1030. The van der Waals surface area contributed by atoms with Gasteiger partial charge in [0.25, 0.3) is 0 Å². The van der Waals surface area contributed by atoms with Crippen LogP contribution in [0.1, 0.15) is 44.0 Å². The van der Waals surface area contributed by atoms with Crippen LogP contribution < -0.4 is 0 Å². The van der Waals surface area contributed by atoms with E-state index >= 15 is 0 Å². The van der Waals surface area contributed by atoms with Crippen LogP contribution in [0.3, 0.4) is 0 Å². The van der Waals surface area contributed by atoms with Gasteiger partial charge in [-0.1, -0.05) is 36.8 Å². The van der Waals surface area contributed by atoms with E-state index in [0.717, 1.165) is 48.2 Å². The van der Waals surface area contributed by atoms with Crippen LogP contribution in [0.2, 0.25) is 0 Å². The van der Waals surface area contributed by atoms with E-state index < -0.39 is 6.04 Å². The first kappa shape index (κ1) is 23.4. The minimum Gasteiger partial charge on any atom is -0.464 e. The predicted molar refractivity (Wildman–Crippen MR) is 124 cm³/mol. The van der Waals surface area contributed by atoms with Gasteiger partial charge in [-0.2, -0.15) is 0 Å². The molecule has 0 radical (unpaired) electrons. The fraction of sp³-hybridized carbons (Fsp3) is 0.440. The lowest BCUT2D eigenvalue weighted by atomic mass is 10.0. The first-order valence-electron chi connectivity index (χ1n) is 11.2. The van der Waals surface area contributed by atoms with Crippen molar-refractivity contribution in [1.82, 2.24) is 19.4 Å². The number of ether oxygens (including phenoxy) is 1. The smallest absolute Gasteiger partial charge is 0.329 e. The summed E-state index contributed by atoms with van der Waals surface area (Å²) in [5, 5.41) is 0. The molecular weight excluding hydrogens is 404 g/mol. The van der Waals surface area contributed by atoms with Gasteiger partial charge in [0.2, 0.25) is 5.91 Å². The van der Waals surface area contributed by atoms with Crippen LogP contribution in [0.5, 0.6) is 0 Å². The molecule has 0 aliphatic carbocycles. The summed E-state index contributed by atoms with van der Waals surface area (Å²) < 4.78 is 7.43. The summed E-state index contributed by atoms with van der Waals surface area (Å²) in [6, 6.07) is 11.1. The highest BCUT2D eigenvalue weighted by Crippen LogP contribution is 2.17. The molecule has 1 aromatic carbocycles. The molecular formula is C25H32N4O3. The number of pyridine rings is 1. The largest absolute Gasteiger partial charge is 0.464 e. The number of aryl methyl sites for hydroxylation is 2. The van der Waals surface area contributed by atoms with Crippen molar-refractivity contribution in [3.8, 4) is 0 Å². The molecule has 1 amide bonds. The number of aromatic nitrogens is 3. The number of carbonyl (C=O) groups excluding carboxylic acids is 2. The van der Waals surface area contributed by atoms with E-state index in [-0.39, 0.29) is 11.9 Å². The van der Waals surface area contributed by atoms with E-state index in [1.807, 2.05) is 43.3 Å². The average Bonchev–Trinajstić information content (AvgIpc) is 3.12. The van der Waals surface area contributed by atoms with Crippen LogP contribution >= 0.6 is 0 Å². The van der Waals surface area contributed by atoms with Crippen LogP contribution in [0, 0.1) is 6.92 Å². The standard InChI is InChI=1S/C25H32N4O3/c1-4-32-25(31)23(17-20-11-7-5-8-12-20)28(3)24(30)13-9-6-10-16-29-19(2)27-21-18-26-15-14-22(21)29/h5,7-8,11-12,14-15,18,23H,4,6,9-10,13,16-17H2,1-3H3/t23-/m0/s1. The molecule has 0 saturated heterocycles. The molecule has 170 valence electrons. The van der Waals surface area contributed by atoms with Crippen molar-refractivity contribution in [3.05, 3.63) is 60.2 Å². The molecule has 7 nitrogen and oxygen atoms in total. The zero-order valence-electron chi connectivity index (χ0n) is 19.2. The number of carbonyl (C=O) groups is 2. The Hall–Kier alpha value is -3.22. The maximum absolute atomic E-state index is 12.8. The topological polar surface area (TPSA) is 77.3 Å². The van der Waals surface area contributed by atoms with Crippen molar-refractivity contribution < 1.29 is 14.3 Å². The molecule has 0 bridgehead atoms. The van der Waals surface area contributed by atoms with E-state index in [1.54, 1.807) is 31.3 Å². The van der Waals surface area contributed by atoms with Gasteiger partial charge in [0.15, 0.2) is 0 Å². The van der Waals surface area contributed by atoms with Crippen LogP contribution in [0.25, 0.3) is 11.0 Å². The number of nitrogens with zero attached hydrogens (tertiary/aromatic N) is 4. The Morgan fingerprint density at radius 3 is 2.66 bits per heavy atom. The molecule has 0 aliphatic rings. The molecule has 0 unspecified atom stereocenters. The first-order valence-corrected chi connectivity index (χ1v) is 11.2. The number of likely N-dealkylation sites (N-methyl/N-ethyl adjacent to an activating group) is 1. The number of fused-ring (bicyclic) bond motifs is 1. The number of esters is 1. The Morgan fingerprint density at radius 1 is 1.12 bits per heavy atom. The molecule has 3 rings (SSSR count). The molecule has 1 atom stereocenters. The third-order valence-corrected chi connectivity index (χ3v) is 5.71. The van der Waals surface area contributed by atoms with E-state index in [1.165, 1.54) is 0 Å². The second-order valence-corrected chi connectivity index (χ2v) is 7.95. The highest BCUT2D eigenvalue weighted by atomic mass is 16.5. The SMILES string of the molecule is CCOC(=O)[C@H](Cc1ccccc1)N(C)C(=O)CCCCCn1c(C)nc2cnccc21. The van der Waals surface area contributed by atoms with Crippen molar-refractivity contribution in [2.45, 2.75) is 58.5 Å². The van der Waals surface area contributed by atoms with Crippen LogP contribution in [0.4, 0.5) is 0 Å². The van der Waals surface area contributed by atoms with Gasteiger partial charge in [0, 0.05) is 32.6 Å². The molecule has 0 saturated carbocycles. The molecule has 2 aromatic heterocycles. The van der Waals surface area contributed by atoms with Gasteiger partial charge < -0.3 is 14.2 Å². The van der Waals surface area contributed by atoms with Gasteiger partial charge in [0.1, 0.15) is 17.4 Å². The normalized spacial score (nSPS) is 12.0. The van der Waals surface area contributed by atoms with Gasteiger partial charge in [0.05, 0.1) is 18.3 Å². The second kappa shape index (κ2) is 11.4. The fourth-order valence-electron chi connectivity index (χ4n) is 3.91. The summed E-state index contributed by atoms with van der Waals surface area (Å²) in [7, 11) is 1.70. The molecule has 0 N–H and O–H groups in total. The highest BCUT2D eigenvalue weighted by molar-refractivity contribution is 5.84. The van der Waals surface area contributed by atoms with Gasteiger partial charge in [-0.05, 0) is 38.3 Å². The van der Waals surface area contributed by atoms with Crippen molar-refractivity contribution >= 4 is 22.9 Å². The summed E-state index contributed by atoms with van der Waals surface area (Å²) in [6.45, 7) is 4.93. The Balaban J connectivity index is 1.50. The summed E-state index contributed by atoms with van der Waals surface area (Å²) in [5.41, 5.74) is 3.00. The number of rotatable bonds is 11. The third kappa shape index (κ3) is 5.93. The van der Waals surface area contributed by atoms with Crippen molar-refractivity contribution in [3.63, 3.8) is 0 Å². The first-order chi connectivity index (χ1) is 15.5. The molecule has 3 aromatic rings. The number of hydrogen-bond donors (Lipinski definition) is 0. The summed E-state index contributed by atoms with van der Waals surface area (Å²) in [5.74, 6) is 0.584. The minimum atomic E-state index is -0.613. The predicted octanol–water partition coefficient (Wildman–Crippen LogP) is 3.93. The van der Waals surface area contributed by atoms with Gasteiger partial charge in [-0.25, -0.2) is 9.78 Å². The Morgan fingerprint density at radius 2 is 1.91 bits per heavy atom. The number of unbranched alkanes of at least 4 members (excludes halogenated alkanes) is 2. The Kier molecular flexibility index (Phi) is 8.36. The Labute approximate surface area is 189 Å². The van der Waals surface area contributed by atoms with Gasteiger partial charge >= 0.3 is 5.97 Å². The van der Waals surface area contributed by atoms with Crippen molar-refractivity contribution in [1.29, 1.82) is 0 Å². The van der Waals surface area contributed by atoms with Crippen LogP contribution in [-0.4, -0.2) is 51.0 Å². The van der Waals surface area contributed by atoms with Crippen LogP contribution in [0.15, 0.2) is 48.8 Å². The lowest BCUT2D eigenvalue weighted by molar-refractivity contribution is -0.153. The molecule has 7 heteroatoms. The van der Waals surface area contributed by atoms with Gasteiger partial charge in [-0.15, -0.1) is 0 Å². The number of amides is 1. The molecule has 0 spiro atoms. The average molecular weight is 437 g/mol. The zero-order chi connectivity index (χ0) is 22.9. The molecule has 32 heavy (non-hydrogen) atoms. The number of imidazole rings is 1. The van der Waals surface area contributed by atoms with E-state index in [9.17, 15) is 9.59 Å². The maximum Gasteiger partial charge on any atom is 0.329 e. The zero-order valence-corrected chi connectivity index (χ0v) is 19.2. The van der Waals surface area contributed by atoms with E-state index in [4.69, 9.17) is 4.74 Å². The lowest BCUT2D eigenvalue weighted by Crippen LogP contribution is -2.44. The monoisotopic (exact) mass is 436 g/mol. The van der Waals surface area contributed by atoms with E-state index in [0.29, 0.717) is 19.4 Å². The maximum atomic E-state index is 12.8. The van der Waals surface area contributed by atoms with Gasteiger partial charge in [-0.3, -0.25) is 9.78 Å². The van der Waals surface area contributed by atoms with Crippen LogP contribution in [-0.2, 0) is 27.3 Å². The van der Waals surface area contributed by atoms with E-state index in [2.05, 4.69) is 14.5 Å².